The lowest BCUT2D eigenvalue weighted by molar-refractivity contribution is 0.0767. The van der Waals surface area contributed by atoms with Crippen LogP contribution < -0.4 is 0 Å². The molecule has 0 aromatic carbocycles. The summed E-state index contributed by atoms with van der Waals surface area (Å²) in [5.74, 6) is 1.36. The van der Waals surface area contributed by atoms with Gasteiger partial charge in [0, 0.05) is 57.2 Å². The standard InChI is InChI=1S/C20H32N4O3/c1-22-7-4-8-23(10-9-22)11-15-12-24(13-16(15)14-25)20(26)19-17-5-2-3-6-18(17)27-21-19/h15-16,25H,2-14H2,1H3/t15-,16-/m1/s1. The van der Waals surface area contributed by atoms with Crippen LogP contribution >= 0.6 is 0 Å². The van der Waals surface area contributed by atoms with Crippen LogP contribution in [0, 0.1) is 11.8 Å². The summed E-state index contributed by atoms with van der Waals surface area (Å²) in [5.41, 5.74) is 1.53. The summed E-state index contributed by atoms with van der Waals surface area (Å²) in [6.45, 7) is 6.82. The second-order valence-corrected chi connectivity index (χ2v) is 8.51. The van der Waals surface area contributed by atoms with E-state index in [-0.39, 0.29) is 18.4 Å². The van der Waals surface area contributed by atoms with Crippen molar-refractivity contribution in [1.82, 2.24) is 19.9 Å². The second kappa shape index (κ2) is 8.29. The monoisotopic (exact) mass is 376 g/mol. The number of likely N-dealkylation sites (tertiary alicyclic amines) is 1. The molecule has 0 saturated carbocycles. The van der Waals surface area contributed by atoms with Crippen molar-refractivity contribution in [2.75, 3.05) is 59.5 Å². The average Bonchev–Trinajstić information content (AvgIpc) is 3.23. The van der Waals surface area contributed by atoms with Crippen molar-refractivity contribution in [2.45, 2.75) is 32.1 Å². The zero-order valence-electron chi connectivity index (χ0n) is 16.4. The molecule has 3 aliphatic rings. The van der Waals surface area contributed by atoms with Crippen molar-refractivity contribution in [3.63, 3.8) is 0 Å². The number of aliphatic hydroxyl groups excluding tert-OH is 1. The maximum atomic E-state index is 13.1. The maximum absolute atomic E-state index is 13.1. The summed E-state index contributed by atoms with van der Waals surface area (Å²) in [4.78, 5) is 19.8. The molecule has 4 rings (SSSR count). The molecule has 3 heterocycles. The smallest absolute Gasteiger partial charge is 0.276 e. The fraction of sp³-hybridized carbons (Fsp3) is 0.800. The third-order valence-electron chi connectivity index (χ3n) is 6.56. The van der Waals surface area contributed by atoms with E-state index in [0.717, 1.165) is 69.7 Å². The Morgan fingerprint density at radius 1 is 1.11 bits per heavy atom. The van der Waals surface area contributed by atoms with E-state index in [0.29, 0.717) is 24.7 Å². The number of rotatable bonds is 4. The molecule has 1 aliphatic carbocycles. The van der Waals surface area contributed by atoms with Crippen LogP contribution in [0.25, 0.3) is 0 Å². The first-order valence-electron chi connectivity index (χ1n) is 10.4. The van der Waals surface area contributed by atoms with Crippen LogP contribution in [0.4, 0.5) is 0 Å². The zero-order valence-corrected chi connectivity index (χ0v) is 16.4. The van der Waals surface area contributed by atoms with Crippen LogP contribution in [0.3, 0.4) is 0 Å². The highest BCUT2D eigenvalue weighted by Crippen LogP contribution is 2.29. The first-order chi connectivity index (χ1) is 13.2. The molecule has 0 unspecified atom stereocenters. The third-order valence-corrected chi connectivity index (χ3v) is 6.56. The van der Waals surface area contributed by atoms with E-state index in [9.17, 15) is 9.90 Å². The lowest BCUT2D eigenvalue weighted by Crippen LogP contribution is -2.36. The Balaban J connectivity index is 1.41. The lowest BCUT2D eigenvalue weighted by Gasteiger charge is -2.26. The Bertz CT molecular complexity index is 662. The van der Waals surface area contributed by atoms with Crippen LogP contribution in [-0.2, 0) is 12.8 Å². The molecule has 2 fully saturated rings. The zero-order chi connectivity index (χ0) is 18.8. The molecule has 0 spiro atoms. The van der Waals surface area contributed by atoms with Crippen LogP contribution in [0.5, 0.6) is 0 Å². The molecular weight excluding hydrogens is 344 g/mol. The van der Waals surface area contributed by atoms with Crippen LogP contribution in [0.15, 0.2) is 4.52 Å². The van der Waals surface area contributed by atoms with Crippen molar-refractivity contribution in [3.8, 4) is 0 Å². The summed E-state index contributed by atoms with van der Waals surface area (Å²) in [6.07, 6.45) is 5.17. The Morgan fingerprint density at radius 3 is 2.78 bits per heavy atom. The van der Waals surface area contributed by atoms with E-state index in [4.69, 9.17) is 4.52 Å². The van der Waals surface area contributed by atoms with Gasteiger partial charge in [0.2, 0.25) is 0 Å². The number of amides is 1. The maximum Gasteiger partial charge on any atom is 0.276 e. The van der Waals surface area contributed by atoms with E-state index in [2.05, 4.69) is 22.0 Å². The quantitative estimate of drug-likeness (QED) is 0.841. The topological polar surface area (TPSA) is 73.0 Å². The van der Waals surface area contributed by atoms with E-state index in [1.165, 1.54) is 6.42 Å². The molecule has 150 valence electrons. The molecule has 2 saturated heterocycles. The lowest BCUT2D eigenvalue weighted by atomic mass is 9.96. The van der Waals surface area contributed by atoms with Gasteiger partial charge in [0.15, 0.2) is 5.69 Å². The van der Waals surface area contributed by atoms with Gasteiger partial charge in [-0.05, 0) is 51.7 Å². The largest absolute Gasteiger partial charge is 0.396 e. The Hall–Kier alpha value is -1.44. The van der Waals surface area contributed by atoms with Gasteiger partial charge < -0.3 is 24.3 Å². The highest BCUT2D eigenvalue weighted by Gasteiger charge is 2.38. The van der Waals surface area contributed by atoms with Crippen molar-refractivity contribution < 1.29 is 14.4 Å². The summed E-state index contributed by atoms with van der Waals surface area (Å²) in [7, 11) is 2.18. The Kier molecular flexibility index (Phi) is 5.80. The molecule has 7 heteroatoms. The molecule has 0 bridgehead atoms. The minimum atomic E-state index is -0.0153. The van der Waals surface area contributed by atoms with Gasteiger partial charge in [-0.3, -0.25) is 4.79 Å². The first kappa shape index (κ1) is 18.9. The summed E-state index contributed by atoms with van der Waals surface area (Å²) < 4.78 is 5.43. The molecule has 27 heavy (non-hydrogen) atoms. The van der Waals surface area contributed by atoms with Crippen molar-refractivity contribution in [1.29, 1.82) is 0 Å². The molecule has 7 nitrogen and oxygen atoms in total. The average molecular weight is 377 g/mol. The van der Waals surface area contributed by atoms with E-state index >= 15 is 0 Å². The minimum absolute atomic E-state index is 0.0153. The third kappa shape index (κ3) is 4.05. The summed E-state index contributed by atoms with van der Waals surface area (Å²) >= 11 is 0. The van der Waals surface area contributed by atoms with Gasteiger partial charge in [0.1, 0.15) is 5.76 Å². The molecule has 1 aromatic heterocycles. The van der Waals surface area contributed by atoms with Crippen molar-refractivity contribution in [3.05, 3.63) is 17.0 Å². The number of aliphatic hydroxyl groups is 1. The number of hydrogen-bond acceptors (Lipinski definition) is 6. The Labute approximate surface area is 161 Å². The molecule has 2 atom stereocenters. The number of carbonyl (C=O) groups is 1. The van der Waals surface area contributed by atoms with E-state index < -0.39 is 0 Å². The molecule has 1 amide bonds. The van der Waals surface area contributed by atoms with Gasteiger partial charge in [0.05, 0.1) is 0 Å². The number of nitrogens with zero attached hydrogens (tertiary/aromatic N) is 4. The van der Waals surface area contributed by atoms with Gasteiger partial charge in [-0.1, -0.05) is 5.16 Å². The van der Waals surface area contributed by atoms with E-state index in [1.54, 1.807) is 0 Å². The van der Waals surface area contributed by atoms with Crippen LogP contribution in [-0.4, -0.2) is 90.3 Å². The normalized spacial score (nSPS) is 27.6. The van der Waals surface area contributed by atoms with Gasteiger partial charge in [-0.25, -0.2) is 0 Å². The number of likely N-dealkylation sites (N-methyl/N-ethyl adjacent to an activating group) is 1. The number of fused-ring (bicyclic) bond motifs is 1. The van der Waals surface area contributed by atoms with Crippen LogP contribution in [0.1, 0.15) is 41.1 Å². The highest BCUT2D eigenvalue weighted by molar-refractivity contribution is 5.94. The van der Waals surface area contributed by atoms with Gasteiger partial charge in [-0.15, -0.1) is 0 Å². The summed E-state index contributed by atoms with van der Waals surface area (Å²) in [5, 5.41) is 14.0. The number of aromatic nitrogens is 1. The molecule has 0 radical (unpaired) electrons. The molecule has 1 N–H and O–H groups in total. The predicted octanol–water partition coefficient (Wildman–Crippen LogP) is 0.871. The number of hydrogen-bond donors (Lipinski definition) is 1. The predicted molar refractivity (Wildman–Crippen MR) is 102 cm³/mol. The number of carbonyl (C=O) groups excluding carboxylic acids is 1. The molecule has 2 aliphatic heterocycles. The fourth-order valence-corrected chi connectivity index (χ4v) is 4.84. The molecule has 1 aromatic rings. The van der Waals surface area contributed by atoms with Gasteiger partial charge in [-0.2, -0.15) is 0 Å². The second-order valence-electron chi connectivity index (χ2n) is 8.51. The SMILES string of the molecule is CN1CCCN(C[C@@H]2CN(C(=O)c3noc4c3CCCC4)C[C@@H]2CO)CC1. The minimum Gasteiger partial charge on any atom is -0.396 e. The van der Waals surface area contributed by atoms with Gasteiger partial charge in [0.25, 0.3) is 5.91 Å². The van der Waals surface area contributed by atoms with Gasteiger partial charge >= 0.3 is 0 Å². The number of aryl methyl sites for hydroxylation is 1. The Morgan fingerprint density at radius 2 is 1.93 bits per heavy atom. The summed E-state index contributed by atoms with van der Waals surface area (Å²) in [6, 6.07) is 0. The first-order valence-corrected chi connectivity index (χ1v) is 10.4. The molecular formula is C20H32N4O3. The van der Waals surface area contributed by atoms with Crippen molar-refractivity contribution >= 4 is 5.91 Å². The van der Waals surface area contributed by atoms with Crippen molar-refractivity contribution in [2.24, 2.45) is 11.8 Å². The fourth-order valence-electron chi connectivity index (χ4n) is 4.84. The highest BCUT2D eigenvalue weighted by atomic mass is 16.5. The van der Waals surface area contributed by atoms with E-state index in [1.807, 2.05) is 4.90 Å². The van der Waals surface area contributed by atoms with Crippen LogP contribution in [0.2, 0.25) is 0 Å².